The molecule has 0 radical (unpaired) electrons. The Morgan fingerprint density at radius 1 is 1.24 bits per heavy atom. The van der Waals surface area contributed by atoms with Crippen LogP contribution in [0.1, 0.15) is 24.0 Å². The van der Waals surface area contributed by atoms with Crippen molar-refractivity contribution in [2.24, 2.45) is 0 Å². The number of amides is 1. The van der Waals surface area contributed by atoms with Gasteiger partial charge in [0.2, 0.25) is 5.91 Å². The molecule has 1 saturated heterocycles. The van der Waals surface area contributed by atoms with Gasteiger partial charge in [-0.15, -0.1) is 0 Å². The molecular formula is C20H23NO4. The van der Waals surface area contributed by atoms with E-state index < -0.39 is 0 Å². The molecule has 1 amide bonds. The highest BCUT2D eigenvalue weighted by Gasteiger charge is 2.34. The molecule has 25 heavy (non-hydrogen) atoms. The van der Waals surface area contributed by atoms with Crippen LogP contribution in [0.25, 0.3) is 6.08 Å². The summed E-state index contributed by atoms with van der Waals surface area (Å²) in [7, 11) is 1.66. The van der Waals surface area contributed by atoms with Crippen molar-refractivity contribution in [3.63, 3.8) is 0 Å². The number of nitrogens with one attached hydrogen (secondary N) is 1. The number of benzene rings is 1. The summed E-state index contributed by atoms with van der Waals surface area (Å²) in [6, 6.07) is 9.90. The second-order valence-electron chi connectivity index (χ2n) is 6.23. The number of hydrogen-bond acceptors (Lipinski definition) is 4. The minimum Gasteiger partial charge on any atom is -0.497 e. The highest BCUT2D eigenvalue weighted by molar-refractivity contribution is 5.91. The van der Waals surface area contributed by atoms with Crippen molar-refractivity contribution in [3.05, 3.63) is 60.1 Å². The van der Waals surface area contributed by atoms with Crippen molar-refractivity contribution < 1.29 is 18.7 Å². The first kappa shape index (κ1) is 17.3. The number of carbonyl (C=O) groups excluding carboxylic acids is 1. The topological polar surface area (TPSA) is 60.7 Å². The first-order valence-electron chi connectivity index (χ1n) is 8.42. The van der Waals surface area contributed by atoms with E-state index >= 15 is 0 Å². The third-order valence-corrected chi connectivity index (χ3v) is 4.72. The van der Waals surface area contributed by atoms with E-state index in [-0.39, 0.29) is 11.3 Å². The van der Waals surface area contributed by atoms with E-state index in [0.717, 1.165) is 24.2 Å². The van der Waals surface area contributed by atoms with Crippen LogP contribution in [0.5, 0.6) is 5.75 Å². The molecule has 1 aliphatic rings. The molecule has 5 nitrogen and oxygen atoms in total. The van der Waals surface area contributed by atoms with Crippen LogP contribution >= 0.6 is 0 Å². The van der Waals surface area contributed by atoms with Gasteiger partial charge in [0, 0.05) is 36.8 Å². The zero-order chi connectivity index (χ0) is 17.5. The van der Waals surface area contributed by atoms with Gasteiger partial charge in [0.25, 0.3) is 0 Å². The zero-order valence-electron chi connectivity index (χ0n) is 14.4. The van der Waals surface area contributed by atoms with Crippen LogP contribution in [0.3, 0.4) is 0 Å². The van der Waals surface area contributed by atoms with Crippen LogP contribution in [0.4, 0.5) is 0 Å². The van der Waals surface area contributed by atoms with E-state index in [9.17, 15) is 4.79 Å². The molecule has 1 fully saturated rings. The average molecular weight is 341 g/mol. The molecule has 1 N–H and O–H groups in total. The first-order valence-corrected chi connectivity index (χ1v) is 8.42. The molecule has 2 aromatic rings. The number of carbonyl (C=O) groups is 1. The molecule has 0 unspecified atom stereocenters. The normalized spacial score (nSPS) is 16.7. The van der Waals surface area contributed by atoms with Crippen molar-refractivity contribution in [2.75, 3.05) is 26.9 Å². The Morgan fingerprint density at radius 3 is 2.64 bits per heavy atom. The molecule has 0 atom stereocenters. The summed E-state index contributed by atoms with van der Waals surface area (Å²) in [5.41, 5.74) is 1.96. The second-order valence-corrected chi connectivity index (χ2v) is 6.23. The third kappa shape index (κ3) is 4.31. The van der Waals surface area contributed by atoms with Crippen LogP contribution in [0, 0.1) is 0 Å². The lowest BCUT2D eigenvalue weighted by Gasteiger charge is -2.38. The lowest BCUT2D eigenvalue weighted by molar-refractivity contribution is -0.116. The second kappa shape index (κ2) is 8.03. The molecule has 1 aliphatic heterocycles. The zero-order valence-corrected chi connectivity index (χ0v) is 14.4. The molecule has 0 spiro atoms. The number of furan rings is 1. The van der Waals surface area contributed by atoms with E-state index in [1.807, 2.05) is 12.1 Å². The summed E-state index contributed by atoms with van der Waals surface area (Å²) < 4.78 is 15.8. The van der Waals surface area contributed by atoms with Crippen LogP contribution in [0.2, 0.25) is 0 Å². The Morgan fingerprint density at radius 2 is 2.00 bits per heavy atom. The molecule has 2 heterocycles. The van der Waals surface area contributed by atoms with Crippen molar-refractivity contribution in [3.8, 4) is 5.75 Å². The van der Waals surface area contributed by atoms with E-state index in [1.54, 1.807) is 31.8 Å². The summed E-state index contributed by atoms with van der Waals surface area (Å²) in [4.78, 5) is 12.2. The number of rotatable bonds is 6. The van der Waals surface area contributed by atoms with Gasteiger partial charge in [0.1, 0.15) is 5.75 Å². The fourth-order valence-corrected chi connectivity index (χ4v) is 3.13. The number of hydrogen-bond donors (Lipinski definition) is 1. The molecule has 0 saturated carbocycles. The SMILES string of the molecule is COc1ccc(C2(CNC(=O)/C=C/c3ccoc3)CCOCC2)cc1. The number of methoxy groups -OCH3 is 1. The fourth-order valence-electron chi connectivity index (χ4n) is 3.13. The highest BCUT2D eigenvalue weighted by Crippen LogP contribution is 2.35. The summed E-state index contributed by atoms with van der Waals surface area (Å²) in [5, 5.41) is 3.04. The molecule has 0 bridgehead atoms. The van der Waals surface area contributed by atoms with Gasteiger partial charge in [-0.05, 0) is 42.7 Å². The van der Waals surface area contributed by atoms with Crippen LogP contribution in [-0.2, 0) is 14.9 Å². The monoisotopic (exact) mass is 341 g/mol. The molecule has 5 heteroatoms. The van der Waals surface area contributed by atoms with Gasteiger partial charge >= 0.3 is 0 Å². The lowest BCUT2D eigenvalue weighted by Crippen LogP contribution is -2.44. The molecule has 1 aromatic heterocycles. The molecular weight excluding hydrogens is 318 g/mol. The summed E-state index contributed by atoms with van der Waals surface area (Å²) >= 11 is 0. The maximum atomic E-state index is 12.2. The molecule has 0 aliphatic carbocycles. The van der Waals surface area contributed by atoms with Gasteiger partial charge in [0.05, 0.1) is 19.6 Å². The molecule has 132 valence electrons. The van der Waals surface area contributed by atoms with Gasteiger partial charge in [-0.2, -0.15) is 0 Å². The third-order valence-electron chi connectivity index (χ3n) is 4.72. The van der Waals surface area contributed by atoms with E-state index in [0.29, 0.717) is 19.8 Å². The maximum Gasteiger partial charge on any atom is 0.244 e. The summed E-state index contributed by atoms with van der Waals surface area (Å²) in [6.45, 7) is 1.98. The predicted molar refractivity (Wildman–Crippen MR) is 95.5 cm³/mol. The maximum absolute atomic E-state index is 12.2. The highest BCUT2D eigenvalue weighted by atomic mass is 16.5. The van der Waals surface area contributed by atoms with E-state index in [2.05, 4.69) is 17.4 Å². The summed E-state index contributed by atoms with van der Waals surface area (Å²) in [6.07, 6.45) is 8.21. The van der Waals surface area contributed by atoms with Crippen LogP contribution < -0.4 is 10.1 Å². The standard InChI is InChI=1S/C20H23NO4/c1-23-18-5-3-17(4-6-18)20(9-12-24-13-10-20)15-21-19(22)7-2-16-8-11-25-14-16/h2-8,11,14H,9-10,12-13,15H2,1H3,(H,21,22)/b7-2+. The van der Waals surface area contributed by atoms with Crippen molar-refractivity contribution in [1.82, 2.24) is 5.32 Å². The average Bonchev–Trinajstić information content (AvgIpc) is 3.19. The minimum atomic E-state index is -0.111. The predicted octanol–water partition coefficient (Wildman–Crippen LogP) is 3.17. The Hall–Kier alpha value is -2.53. The van der Waals surface area contributed by atoms with Gasteiger partial charge in [-0.3, -0.25) is 4.79 Å². The quantitative estimate of drug-likeness (QED) is 0.820. The number of ether oxygens (including phenoxy) is 2. The first-order chi connectivity index (χ1) is 12.2. The van der Waals surface area contributed by atoms with Gasteiger partial charge in [0.15, 0.2) is 0 Å². The Balaban J connectivity index is 1.68. The van der Waals surface area contributed by atoms with E-state index in [1.165, 1.54) is 11.6 Å². The van der Waals surface area contributed by atoms with Crippen molar-refractivity contribution in [2.45, 2.75) is 18.3 Å². The summed E-state index contributed by atoms with van der Waals surface area (Å²) in [5.74, 6) is 0.721. The van der Waals surface area contributed by atoms with Gasteiger partial charge in [-0.25, -0.2) is 0 Å². The minimum absolute atomic E-state index is 0.107. The Labute approximate surface area is 147 Å². The van der Waals surface area contributed by atoms with E-state index in [4.69, 9.17) is 13.9 Å². The Kier molecular flexibility index (Phi) is 5.56. The van der Waals surface area contributed by atoms with Gasteiger partial charge in [-0.1, -0.05) is 12.1 Å². The van der Waals surface area contributed by atoms with Crippen molar-refractivity contribution in [1.29, 1.82) is 0 Å². The Bertz CT molecular complexity index is 698. The van der Waals surface area contributed by atoms with Crippen molar-refractivity contribution >= 4 is 12.0 Å². The molecule has 3 rings (SSSR count). The van der Waals surface area contributed by atoms with Gasteiger partial charge < -0.3 is 19.2 Å². The molecule has 1 aromatic carbocycles. The largest absolute Gasteiger partial charge is 0.497 e. The lowest BCUT2D eigenvalue weighted by atomic mass is 9.74. The van der Waals surface area contributed by atoms with Crippen LogP contribution in [-0.4, -0.2) is 32.8 Å². The van der Waals surface area contributed by atoms with Crippen LogP contribution in [0.15, 0.2) is 53.4 Å². The fraction of sp³-hybridized carbons (Fsp3) is 0.350. The smallest absolute Gasteiger partial charge is 0.244 e.